The fourth-order valence-corrected chi connectivity index (χ4v) is 1.91. The molecule has 0 heterocycles. The zero-order valence-electron chi connectivity index (χ0n) is 9.27. The molecule has 4 heteroatoms. The molecule has 1 aromatic carbocycles. The summed E-state index contributed by atoms with van der Waals surface area (Å²) in [6, 6.07) is 1.88. The van der Waals surface area contributed by atoms with E-state index in [9.17, 15) is 8.78 Å². The maximum absolute atomic E-state index is 13.5. The van der Waals surface area contributed by atoms with E-state index in [1.165, 1.54) is 6.07 Å². The van der Waals surface area contributed by atoms with Crippen LogP contribution in [0.2, 0.25) is 0 Å². The quantitative estimate of drug-likeness (QED) is 0.635. The van der Waals surface area contributed by atoms with Gasteiger partial charge in [-0.1, -0.05) is 26.2 Å². The molecule has 1 rings (SSSR count). The largest absolute Gasteiger partial charge is 0.324 e. The van der Waals surface area contributed by atoms with Gasteiger partial charge in [0.15, 0.2) is 0 Å². The van der Waals surface area contributed by atoms with Gasteiger partial charge in [-0.25, -0.2) is 8.78 Å². The Bertz CT molecular complexity index is 355. The highest BCUT2D eigenvalue weighted by molar-refractivity contribution is 9.10. The first-order chi connectivity index (χ1) is 7.56. The summed E-state index contributed by atoms with van der Waals surface area (Å²) < 4.78 is 26.9. The first-order valence-corrected chi connectivity index (χ1v) is 6.25. The van der Waals surface area contributed by atoms with Crippen LogP contribution in [0.5, 0.6) is 0 Å². The molecular formula is C12H16BrF2N. The van der Waals surface area contributed by atoms with Gasteiger partial charge in [-0.3, -0.25) is 0 Å². The Kier molecular flexibility index (Phi) is 5.35. The molecule has 0 bridgehead atoms. The van der Waals surface area contributed by atoms with Crippen LogP contribution >= 0.6 is 15.9 Å². The lowest BCUT2D eigenvalue weighted by molar-refractivity contribution is 0.527. The average molecular weight is 292 g/mol. The maximum atomic E-state index is 13.5. The van der Waals surface area contributed by atoms with E-state index in [0.717, 1.165) is 25.3 Å². The van der Waals surface area contributed by atoms with Crippen molar-refractivity contribution in [3.05, 3.63) is 33.8 Å². The van der Waals surface area contributed by atoms with Gasteiger partial charge in [-0.15, -0.1) is 0 Å². The van der Waals surface area contributed by atoms with E-state index in [4.69, 9.17) is 5.73 Å². The molecule has 0 saturated heterocycles. The predicted octanol–water partition coefficient (Wildman–Crippen LogP) is 4.31. The minimum atomic E-state index is -0.470. The lowest BCUT2D eigenvalue weighted by atomic mass is 10.0. The van der Waals surface area contributed by atoms with Crippen LogP contribution in [0.1, 0.15) is 44.2 Å². The van der Waals surface area contributed by atoms with Crippen molar-refractivity contribution in [1.29, 1.82) is 0 Å². The molecule has 0 spiro atoms. The Balaban J connectivity index is 2.75. The van der Waals surface area contributed by atoms with Crippen LogP contribution in [0, 0.1) is 11.6 Å². The number of halogens is 3. The molecule has 0 aliphatic rings. The van der Waals surface area contributed by atoms with E-state index in [0.29, 0.717) is 6.42 Å². The van der Waals surface area contributed by atoms with Crippen molar-refractivity contribution in [1.82, 2.24) is 0 Å². The van der Waals surface area contributed by atoms with Crippen LogP contribution in [0.4, 0.5) is 8.78 Å². The molecule has 90 valence electrons. The third-order valence-electron chi connectivity index (χ3n) is 2.56. The van der Waals surface area contributed by atoms with Gasteiger partial charge >= 0.3 is 0 Å². The molecule has 1 atom stereocenters. The lowest BCUT2D eigenvalue weighted by Gasteiger charge is -2.13. The molecule has 16 heavy (non-hydrogen) atoms. The van der Waals surface area contributed by atoms with E-state index in [1.807, 2.05) is 0 Å². The minimum absolute atomic E-state index is 0.134. The third-order valence-corrected chi connectivity index (χ3v) is 3.17. The van der Waals surface area contributed by atoms with E-state index >= 15 is 0 Å². The summed E-state index contributed by atoms with van der Waals surface area (Å²) in [5, 5.41) is 0. The van der Waals surface area contributed by atoms with E-state index in [1.54, 1.807) is 0 Å². The summed E-state index contributed by atoms with van der Waals surface area (Å²) in [6.07, 6.45) is 3.78. The number of hydrogen-bond acceptors (Lipinski definition) is 1. The Labute approximate surface area is 103 Å². The van der Waals surface area contributed by atoms with Gasteiger partial charge in [0.2, 0.25) is 0 Å². The zero-order chi connectivity index (χ0) is 12.1. The number of hydrogen-bond donors (Lipinski definition) is 1. The predicted molar refractivity (Wildman–Crippen MR) is 65.1 cm³/mol. The van der Waals surface area contributed by atoms with Crippen LogP contribution in [-0.4, -0.2) is 0 Å². The summed E-state index contributed by atoms with van der Waals surface area (Å²) in [5.74, 6) is -0.917. The Morgan fingerprint density at radius 1 is 1.25 bits per heavy atom. The normalized spacial score (nSPS) is 12.8. The highest BCUT2D eigenvalue weighted by Gasteiger charge is 2.14. The molecular weight excluding hydrogens is 276 g/mol. The molecule has 0 amide bonds. The standard InChI is InChI=1S/C12H16BrF2N/c1-2-3-4-5-12(16)8-6-11(15)9(13)7-10(8)14/h6-7,12H,2-5,16H2,1H3. The van der Waals surface area contributed by atoms with Gasteiger partial charge in [0, 0.05) is 11.6 Å². The van der Waals surface area contributed by atoms with E-state index in [2.05, 4.69) is 22.9 Å². The van der Waals surface area contributed by atoms with Crippen LogP contribution in [0.3, 0.4) is 0 Å². The van der Waals surface area contributed by atoms with Crippen molar-refractivity contribution >= 4 is 15.9 Å². The summed E-state index contributed by atoms with van der Waals surface area (Å²) in [6.45, 7) is 2.09. The number of unbranched alkanes of at least 4 members (excludes halogenated alkanes) is 2. The Morgan fingerprint density at radius 3 is 2.56 bits per heavy atom. The van der Waals surface area contributed by atoms with E-state index < -0.39 is 17.7 Å². The van der Waals surface area contributed by atoms with Crippen LogP contribution in [0.25, 0.3) is 0 Å². The molecule has 1 nitrogen and oxygen atoms in total. The SMILES string of the molecule is CCCCCC(N)c1cc(F)c(Br)cc1F. The van der Waals surface area contributed by atoms with Crippen molar-refractivity contribution in [3.63, 3.8) is 0 Å². The number of benzene rings is 1. The minimum Gasteiger partial charge on any atom is -0.324 e. The number of rotatable bonds is 5. The zero-order valence-corrected chi connectivity index (χ0v) is 10.9. The van der Waals surface area contributed by atoms with Crippen molar-refractivity contribution in [2.24, 2.45) is 5.73 Å². The van der Waals surface area contributed by atoms with Crippen LogP contribution in [0.15, 0.2) is 16.6 Å². The summed E-state index contributed by atoms with van der Waals surface area (Å²) in [4.78, 5) is 0. The molecule has 0 aliphatic carbocycles. The monoisotopic (exact) mass is 291 g/mol. The fraction of sp³-hybridized carbons (Fsp3) is 0.500. The van der Waals surface area contributed by atoms with Gasteiger partial charge < -0.3 is 5.73 Å². The maximum Gasteiger partial charge on any atom is 0.137 e. The Morgan fingerprint density at radius 2 is 1.94 bits per heavy atom. The highest BCUT2D eigenvalue weighted by atomic mass is 79.9. The second-order valence-corrected chi connectivity index (χ2v) is 4.74. The second kappa shape index (κ2) is 6.30. The lowest BCUT2D eigenvalue weighted by Crippen LogP contribution is -2.12. The molecule has 1 unspecified atom stereocenters. The number of nitrogens with two attached hydrogens (primary N) is 1. The van der Waals surface area contributed by atoms with Gasteiger partial charge in [-0.2, -0.15) is 0 Å². The second-order valence-electron chi connectivity index (χ2n) is 3.89. The van der Waals surface area contributed by atoms with Gasteiger partial charge in [0.1, 0.15) is 11.6 Å². The first-order valence-electron chi connectivity index (χ1n) is 5.46. The van der Waals surface area contributed by atoms with Crippen LogP contribution in [-0.2, 0) is 0 Å². The molecule has 0 radical (unpaired) electrons. The van der Waals surface area contributed by atoms with Crippen molar-refractivity contribution in [3.8, 4) is 0 Å². The third kappa shape index (κ3) is 3.52. The van der Waals surface area contributed by atoms with Crippen molar-refractivity contribution in [2.75, 3.05) is 0 Å². The van der Waals surface area contributed by atoms with Gasteiger partial charge in [-0.05, 0) is 34.5 Å². The smallest absolute Gasteiger partial charge is 0.137 e. The summed E-state index contributed by atoms with van der Waals surface area (Å²) in [5.41, 5.74) is 6.09. The summed E-state index contributed by atoms with van der Waals surface area (Å²) >= 11 is 2.94. The first kappa shape index (κ1) is 13.6. The molecule has 0 aromatic heterocycles. The van der Waals surface area contributed by atoms with Crippen LogP contribution < -0.4 is 5.73 Å². The fourth-order valence-electron chi connectivity index (χ4n) is 1.59. The van der Waals surface area contributed by atoms with Gasteiger partial charge in [0.05, 0.1) is 4.47 Å². The van der Waals surface area contributed by atoms with Crippen molar-refractivity contribution < 1.29 is 8.78 Å². The molecule has 0 saturated carbocycles. The highest BCUT2D eigenvalue weighted by Crippen LogP contribution is 2.25. The molecule has 2 N–H and O–H groups in total. The van der Waals surface area contributed by atoms with E-state index in [-0.39, 0.29) is 10.0 Å². The molecule has 0 fully saturated rings. The average Bonchev–Trinajstić information content (AvgIpc) is 2.23. The topological polar surface area (TPSA) is 26.0 Å². The van der Waals surface area contributed by atoms with Crippen molar-refractivity contribution in [2.45, 2.75) is 38.6 Å². The molecule has 0 aliphatic heterocycles. The Hall–Kier alpha value is -0.480. The molecule has 1 aromatic rings. The summed E-state index contributed by atoms with van der Waals surface area (Å²) in [7, 11) is 0. The van der Waals surface area contributed by atoms with Gasteiger partial charge in [0.25, 0.3) is 0 Å².